The molecule has 1 fully saturated rings. The van der Waals surface area contributed by atoms with Crippen LogP contribution in [0.1, 0.15) is 37.7 Å². The van der Waals surface area contributed by atoms with Crippen molar-refractivity contribution >= 4 is 23.3 Å². The second-order valence-electron chi connectivity index (χ2n) is 7.25. The Morgan fingerprint density at radius 2 is 1.55 bits per heavy atom. The number of carboxylic acids is 1. The van der Waals surface area contributed by atoms with Crippen LogP contribution in [-0.2, 0) is 9.59 Å². The molecular weight excluding hydrogens is 409 g/mol. The fourth-order valence-electron chi connectivity index (χ4n) is 3.56. The molecule has 168 valence electrons. The first kappa shape index (κ1) is 24.2. The molecule has 1 aliphatic rings. The summed E-state index contributed by atoms with van der Waals surface area (Å²) in [5.41, 5.74) is 3.28. The van der Waals surface area contributed by atoms with E-state index in [1.807, 2.05) is 48.3 Å². The quantitative estimate of drug-likeness (QED) is 0.710. The van der Waals surface area contributed by atoms with Crippen LogP contribution in [0, 0.1) is 0 Å². The Labute approximate surface area is 180 Å². The standard InChI is InChI=1S/C21H26N2O.C2HF3O2/c1-3-18(17-11-5-4-6-12-17)21(24)22(2)19-13-7-8-14-20(19)23-15-9-10-16-23;3-2(4,5)1(6)7/h4-8,11-14,18H,3,9-10,15-16H2,1-2H3;(H,6,7). The fourth-order valence-corrected chi connectivity index (χ4v) is 3.56. The minimum Gasteiger partial charge on any atom is -0.475 e. The molecule has 1 heterocycles. The lowest BCUT2D eigenvalue weighted by Crippen LogP contribution is -2.33. The zero-order valence-corrected chi connectivity index (χ0v) is 17.6. The topological polar surface area (TPSA) is 60.9 Å². The Morgan fingerprint density at radius 1 is 1.03 bits per heavy atom. The maximum Gasteiger partial charge on any atom is 0.490 e. The Bertz CT molecular complexity index is 866. The van der Waals surface area contributed by atoms with Gasteiger partial charge in [0.15, 0.2) is 0 Å². The van der Waals surface area contributed by atoms with Crippen LogP contribution in [0.2, 0.25) is 0 Å². The highest BCUT2D eigenvalue weighted by molar-refractivity contribution is 6.00. The lowest BCUT2D eigenvalue weighted by Gasteiger charge is -2.29. The number of rotatable bonds is 5. The van der Waals surface area contributed by atoms with Gasteiger partial charge in [0.2, 0.25) is 5.91 Å². The molecule has 1 atom stereocenters. The Hall–Kier alpha value is -3.03. The molecule has 3 rings (SSSR count). The van der Waals surface area contributed by atoms with Gasteiger partial charge in [-0.3, -0.25) is 4.79 Å². The lowest BCUT2D eigenvalue weighted by atomic mass is 9.95. The van der Waals surface area contributed by atoms with E-state index in [-0.39, 0.29) is 11.8 Å². The lowest BCUT2D eigenvalue weighted by molar-refractivity contribution is -0.192. The maximum absolute atomic E-state index is 13.1. The summed E-state index contributed by atoms with van der Waals surface area (Å²) in [6, 6.07) is 18.4. The van der Waals surface area contributed by atoms with Gasteiger partial charge in [0.1, 0.15) is 0 Å². The van der Waals surface area contributed by atoms with E-state index in [4.69, 9.17) is 9.90 Å². The SMILES string of the molecule is CCC(C(=O)N(C)c1ccccc1N1CCCC1)c1ccccc1.O=C(O)C(F)(F)F. The third kappa shape index (κ3) is 6.47. The number of para-hydroxylation sites is 2. The summed E-state index contributed by atoms with van der Waals surface area (Å²) in [6.07, 6.45) is -1.82. The molecule has 0 spiro atoms. The molecule has 2 aromatic rings. The van der Waals surface area contributed by atoms with E-state index in [1.54, 1.807) is 0 Å². The van der Waals surface area contributed by atoms with Crippen molar-refractivity contribution in [2.45, 2.75) is 38.3 Å². The molecular formula is C23H27F3N2O3. The summed E-state index contributed by atoms with van der Waals surface area (Å²) in [4.78, 5) is 26.3. The van der Waals surface area contributed by atoms with Gasteiger partial charge < -0.3 is 14.9 Å². The van der Waals surface area contributed by atoms with Crippen molar-refractivity contribution in [1.29, 1.82) is 0 Å². The Balaban J connectivity index is 0.000000423. The fraction of sp³-hybridized carbons (Fsp3) is 0.391. The second kappa shape index (κ2) is 10.8. The van der Waals surface area contributed by atoms with Crippen LogP contribution in [0.15, 0.2) is 54.6 Å². The van der Waals surface area contributed by atoms with Crippen LogP contribution in [-0.4, -0.2) is 43.3 Å². The number of amides is 1. The van der Waals surface area contributed by atoms with Gasteiger partial charge in [0, 0.05) is 20.1 Å². The van der Waals surface area contributed by atoms with Crippen molar-refractivity contribution in [3.63, 3.8) is 0 Å². The predicted molar refractivity (Wildman–Crippen MR) is 114 cm³/mol. The number of carboxylic acid groups (broad SMARTS) is 1. The molecule has 1 unspecified atom stereocenters. The Kier molecular flexibility index (Phi) is 8.47. The van der Waals surface area contributed by atoms with Crippen molar-refractivity contribution in [1.82, 2.24) is 0 Å². The zero-order chi connectivity index (χ0) is 23.0. The summed E-state index contributed by atoms with van der Waals surface area (Å²) < 4.78 is 31.7. The highest BCUT2D eigenvalue weighted by Gasteiger charge is 2.38. The van der Waals surface area contributed by atoms with E-state index < -0.39 is 12.1 Å². The van der Waals surface area contributed by atoms with Crippen molar-refractivity contribution in [3.8, 4) is 0 Å². The summed E-state index contributed by atoms with van der Waals surface area (Å²) in [5.74, 6) is -2.69. The smallest absolute Gasteiger partial charge is 0.475 e. The number of carbonyl (C=O) groups excluding carboxylic acids is 1. The number of hydrogen-bond acceptors (Lipinski definition) is 3. The molecule has 1 aliphatic heterocycles. The van der Waals surface area contributed by atoms with Crippen LogP contribution in [0.25, 0.3) is 0 Å². The first-order valence-electron chi connectivity index (χ1n) is 10.1. The third-order valence-electron chi connectivity index (χ3n) is 5.17. The molecule has 0 aliphatic carbocycles. The van der Waals surface area contributed by atoms with E-state index in [0.29, 0.717) is 0 Å². The largest absolute Gasteiger partial charge is 0.490 e. The number of carbonyl (C=O) groups is 2. The van der Waals surface area contributed by atoms with Gasteiger partial charge in [-0.05, 0) is 37.0 Å². The number of halogens is 3. The summed E-state index contributed by atoms with van der Waals surface area (Å²) in [6.45, 7) is 4.24. The highest BCUT2D eigenvalue weighted by atomic mass is 19.4. The number of anilines is 2. The number of alkyl halides is 3. The monoisotopic (exact) mass is 436 g/mol. The van der Waals surface area contributed by atoms with E-state index >= 15 is 0 Å². The van der Waals surface area contributed by atoms with Gasteiger partial charge in [-0.15, -0.1) is 0 Å². The van der Waals surface area contributed by atoms with Gasteiger partial charge in [-0.2, -0.15) is 13.2 Å². The average Bonchev–Trinajstić information content (AvgIpc) is 3.29. The van der Waals surface area contributed by atoms with Crippen molar-refractivity contribution in [2.24, 2.45) is 0 Å². The van der Waals surface area contributed by atoms with E-state index in [1.165, 1.54) is 18.5 Å². The van der Waals surface area contributed by atoms with E-state index in [9.17, 15) is 18.0 Å². The van der Waals surface area contributed by atoms with Crippen LogP contribution >= 0.6 is 0 Å². The van der Waals surface area contributed by atoms with Crippen LogP contribution in [0.4, 0.5) is 24.5 Å². The Morgan fingerprint density at radius 3 is 2.06 bits per heavy atom. The van der Waals surface area contributed by atoms with E-state index in [0.717, 1.165) is 30.8 Å². The number of nitrogens with zero attached hydrogens (tertiary/aromatic N) is 2. The van der Waals surface area contributed by atoms with Crippen molar-refractivity contribution < 1.29 is 27.9 Å². The second-order valence-corrected chi connectivity index (χ2v) is 7.25. The van der Waals surface area contributed by atoms with E-state index in [2.05, 4.69) is 30.0 Å². The van der Waals surface area contributed by atoms with Gasteiger partial charge >= 0.3 is 12.1 Å². The van der Waals surface area contributed by atoms with Crippen LogP contribution < -0.4 is 9.80 Å². The summed E-state index contributed by atoms with van der Waals surface area (Å²) >= 11 is 0. The molecule has 8 heteroatoms. The molecule has 0 bridgehead atoms. The molecule has 1 amide bonds. The normalized spacial score (nSPS) is 14.4. The van der Waals surface area contributed by atoms with Crippen molar-refractivity contribution in [2.75, 3.05) is 29.9 Å². The van der Waals surface area contributed by atoms with Crippen LogP contribution in [0.5, 0.6) is 0 Å². The molecule has 31 heavy (non-hydrogen) atoms. The number of aliphatic carboxylic acids is 1. The summed E-state index contributed by atoms with van der Waals surface area (Å²) in [5, 5.41) is 7.12. The number of benzene rings is 2. The molecule has 2 aromatic carbocycles. The van der Waals surface area contributed by atoms with Gasteiger partial charge in [0.05, 0.1) is 17.3 Å². The molecule has 5 nitrogen and oxygen atoms in total. The number of likely N-dealkylation sites (N-methyl/N-ethyl adjacent to an activating group) is 1. The highest BCUT2D eigenvalue weighted by Crippen LogP contribution is 2.33. The van der Waals surface area contributed by atoms with Crippen LogP contribution in [0.3, 0.4) is 0 Å². The third-order valence-corrected chi connectivity index (χ3v) is 5.17. The molecule has 1 N–H and O–H groups in total. The maximum atomic E-state index is 13.1. The average molecular weight is 436 g/mol. The minimum atomic E-state index is -5.08. The first-order chi connectivity index (χ1) is 14.7. The van der Waals surface area contributed by atoms with Gasteiger partial charge in [-0.1, -0.05) is 49.4 Å². The molecule has 1 saturated heterocycles. The first-order valence-corrected chi connectivity index (χ1v) is 10.1. The minimum absolute atomic E-state index is 0.0946. The molecule has 0 aromatic heterocycles. The van der Waals surface area contributed by atoms with Gasteiger partial charge in [0.25, 0.3) is 0 Å². The molecule has 0 radical (unpaired) electrons. The van der Waals surface area contributed by atoms with Crippen molar-refractivity contribution in [3.05, 3.63) is 60.2 Å². The molecule has 0 saturated carbocycles. The summed E-state index contributed by atoms with van der Waals surface area (Å²) in [7, 11) is 1.91. The predicted octanol–water partition coefficient (Wildman–Crippen LogP) is 5.08. The zero-order valence-electron chi connectivity index (χ0n) is 17.6. The number of hydrogen-bond donors (Lipinski definition) is 1. The van der Waals surface area contributed by atoms with Gasteiger partial charge in [-0.25, -0.2) is 4.79 Å².